The fourth-order valence-corrected chi connectivity index (χ4v) is 6.51. The molecule has 1 aliphatic heterocycles. The number of ether oxygens (including phenoxy) is 4. The number of methoxy groups -OCH3 is 1. The molecule has 0 saturated carbocycles. The first kappa shape index (κ1) is 37.7. The van der Waals surface area contributed by atoms with E-state index >= 15 is 4.39 Å². The molecule has 1 saturated heterocycles. The van der Waals surface area contributed by atoms with Gasteiger partial charge in [0.2, 0.25) is 0 Å². The molecule has 0 spiro atoms. The molecular weight excluding hydrogens is 647 g/mol. The maximum atomic E-state index is 15.8. The molecule has 51 heavy (non-hydrogen) atoms. The van der Waals surface area contributed by atoms with Gasteiger partial charge in [-0.05, 0) is 84.6 Å². The van der Waals surface area contributed by atoms with Crippen LogP contribution >= 0.6 is 0 Å². The highest BCUT2D eigenvalue weighted by Gasteiger charge is 2.38. The van der Waals surface area contributed by atoms with Gasteiger partial charge in [-0.3, -0.25) is 0 Å². The second-order valence-electron chi connectivity index (χ2n) is 14.5. The van der Waals surface area contributed by atoms with Gasteiger partial charge >= 0.3 is 5.97 Å². The first-order valence-corrected chi connectivity index (χ1v) is 17.5. The van der Waals surface area contributed by atoms with Gasteiger partial charge < -0.3 is 23.8 Å². The van der Waals surface area contributed by atoms with E-state index < -0.39 is 17.7 Å². The topological polar surface area (TPSA) is 87.4 Å². The van der Waals surface area contributed by atoms with Crippen molar-refractivity contribution in [2.75, 3.05) is 31.7 Å². The Balaban J connectivity index is 1.66. The predicted octanol–water partition coefficient (Wildman–Crippen LogP) is 8.75. The van der Waals surface area contributed by atoms with E-state index in [2.05, 4.69) is 25.0 Å². The first-order chi connectivity index (χ1) is 24.2. The number of nitrogens with zero attached hydrogens (tertiary/aromatic N) is 4. The first-order valence-electron chi connectivity index (χ1n) is 17.5. The Bertz CT molecular complexity index is 1900. The Hall–Kier alpha value is -4.54. The summed E-state index contributed by atoms with van der Waals surface area (Å²) in [5, 5.41) is 5.10. The molecule has 272 valence electrons. The van der Waals surface area contributed by atoms with Crippen molar-refractivity contribution >= 4 is 17.4 Å². The monoisotopic (exact) mass is 698 g/mol. The summed E-state index contributed by atoms with van der Waals surface area (Å²) in [6, 6.07) is 13.1. The predicted molar refractivity (Wildman–Crippen MR) is 200 cm³/mol. The summed E-state index contributed by atoms with van der Waals surface area (Å²) in [5.74, 6) is 0.316. The number of hydrogen-bond donors (Lipinski definition) is 0. The van der Waals surface area contributed by atoms with Crippen molar-refractivity contribution in [3.8, 4) is 28.1 Å². The number of anilines is 1. The molecule has 0 N–H and O–H groups in total. The fraction of sp³-hybridized carbons (Fsp3) is 0.439. The molecule has 5 rings (SSSR count). The van der Waals surface area contributed by atoms with Crippen LogP contribution in [0.5, 0.6) is 5.75 Å². The van der Waals surface area contributed by atoms with E-state index in [0.29, 0.717) is 77.0 Å². The van der Waals surface area contributed by atoms with Crippen LogP contribution in [0.2, 0.25) is 0 Å². The number of rotatable bonds is 13. The molecule has 0 bridgehead atoms. The minimum Gasteiger partial charge on any atom is -0.490 e. The minimum atomic E-state index is -1.05. The van der Waals surface area contributed by atoms with Gasteiger partial charge in [-0.2, -0.15) is 9.61 Å². The number of fused-ring (bicyclic) bond motifs is 1. The number of esters is 1. The summed E-state index contributed by atoms with van der Waals surface area (Å²) in [7, 11) is 1.36. The molecule has 1 aliphatic rings. The maximum Gasteiger partial charge on any atom is 0.339 e. The van der Waals surface area contributed by atoms with Crippen molar-refractivity contribution < 1.29 is 28.1 Å². The van der Waals surface area contributed by atoms with Crippen LogP contribution in [0, 0.1) is 19.7 Å². The summed E-state index contributed by atoms with van der Waals surface area (Å²) >= 11 is 0. The summed E-state index contributed by atoms with van der Waals surface area (Å²) in [4.78, 5) is 20.6. The normalized spacial score (nSPS) is 15.7. The van der Waals surface area contributed by atoms with Gasteiger partial charge in [0.25, 0.3) is 0 Å². The summed E-state index contributed by atoms with van der Waals surface area (Å²) in [6.45, 7) is 22.8. The van der Waals surface area contributed by atoms with E-state index in [0.717, 1.165) is 18.4 Å². The third-order valence-corrected chi connectivity index (χ3v) is 9.19. The molecule has 0 amide bonds. The van der Waals surface area contributed by atoms with Crippen LogP contribution in [0.25, 0.3) is 28.0 Å². The fourth-order valence-electron chi connectivity index (χ4n) is 6.51. The average molecular weight is 699 g/mol. The minimum absolute atomic E-state index is 0.177. The lowest BCUT2D eigenvalue weighted by Crippen LogP contribution is -2.45. The average Bonchev–Trinajstić information content (AvgIpc) is 3.51. The third kappa shape index (κ3) is 8.34. The Morgan fingerprint density at radius 3 is 2.43 bits per heavy atom. The second kappa shape index (κ2) is 15.4. The lowest BCUT2D eigenvalue weighted by Gasteiger charge is -2.41. The van der Waals surface area contributed by atoms with Gasteiger partial charge in [-0.25, -0.2) is 14.2 Å². The van der Waals surface area contributed by atoms with Gasteiger partial charge in [0.15, 0.2) is 11.8 Å². The van der Waals surface area contributed by atoms with Crippen molar-refractivity contribution in [2.45, 2.75) is 91.1 Å². The third-order valence-electron chi connectivity index (χ3n) is 9.19. The second-order valence-corrected chi connectivity index (χ2v) is 14.5. The molecule has 0 radical (unpaired) electrons. The van der Waals surface area contributed by atoms with Gasteiger partial charge in [0, 0.05) is 36.8 Å². The van der Waals surface area contributed by atoms with E-state index in [1.807, 2.05) is 71.0 Å². The van der Waals surface area contributed by atoms with Crippen LogP contribution in [-0.2, 0) is 19.0 Å². The molecule has 10 heteroatoms. The number of benzene rings is 2. The van der Waals surface area contributed by atoms with E-state index in [4.69, 9.17) is 29.0 Å². The van der Waals surface area contributed by atoms with E-state index in [-0.39, 0.29) is 17.5 Å². The van der Waals surface area contributed by atoms with Crippen LogP contribution in [-0.4, -0.2) is 64.7 Å². The SMILES string of the molecule is C=CCOC1(C)CCN(c2c([C@H](OC(C)(C)C)C(=O)OC)c(C)nc3cc(-c4cccc(-c5c(O[C@@H](C)CC=C)ccc(C)c5F)c4)nn23)CC1. The summed E-state index contributed by atoms with van der Waals surface area (Å²) in [6.07, 6.45) is 4.46. The van der Waals surface area contributed by atoms with Gasteiger partial charge in [0.05, 0.1) is 47.8 Å². The number of aromatic nitrogens is 3. The number of carbonyl (C=O) groups excluding carboxylic acids is 1. The smallest absolute Gasteiger partial charge is 0.339 e. The van der Waals surface area contributed by atoms with Gasteiger partial charge in [0.1, 0.15) is 17.4 Å². The lowest BCUT2D eigenvalue weighted by molar-refractivity contribution is -0.164. The van der Waals surface area contributed by atoms with E-state index in [1.54, 1.807) is 29.7 Å². The quantitative estimate of drug-likeness (QED) is 0.101. The van der Waals surface area contributed by atoms with Crippen molar-refractivity contribution in [3.63, 3.8) is 0 Å². The molecule has 2 aromatic heterocycles. The van der Waals surface area contributed by atoms with Crippen molar-refractivity contribution in [2.24, 2.45) is 0 Å². The van der Waals surface area contributed by atoms with Crippen LogP contribution in [0.4, 0.5) is 10.2 Å². The van der Waals surface area contributed by atoms with Crippen LogP contribution < -0.4 is 9.64 Å². The Morgan fingerprint density at radius 1 is 1.08 bits per heavy atom. The molecule has 3 heterocycles. The maximum absolute atomic E-state index is 15.8. The van der Waals surface area contributed by atoms with Crippen LogP contribution in [0.1, 0.15) is 76.8 Å². The standard InChI is InChI=1S/C41H51FN4O5/c1-11-14-27(4)50-32-18-17-26(3)36(42)35(32)30-16-13-15-29(24-30)31-25-33-43-28(5)34(37(39(47)48-10)51-40(6,7)8)38(46(33)44-31)45-21-19-41(9,20-22-45)49-23-12-2/h11-13,15-18,24-25,27,37H,1-2,14,19-23H2,3-10H3/t27-,37-/m0/s1. The number of carbonyl (C=O) groups is 1. The number of hydrogen-bond acceptors (Lipinski definition) is 8. The zero-order chi connectivity index (χ0) is 37.1. The molecule has 9 nitrogen and oxygen atoms in total. The Morgan fingerprint density at radius 2 is 1.78 bits per heavy atom. The molecule has 0 aliphatic carbocycles. The van der Waals surface area contributed by atoms with Crippen molar-refractivity contribution in [1.29, 1.82) is 0 Å². The highest BCUT2D eigenvalue weighted by Crippen LogP contribution is 2.40. The zero-order valence-electron chi connectivity index (χ0n) is 31.2. The summed E-state index contributed by atoms with van der Waals surface area (Å²) in [5.41, 5.74) is 3.84. The van der Waals surface area contributed by atoms with E-state index in [9.17, 15) is 4.79 Å². The molecule has 4 aromatic rings. The zero-order valence-corrected chi connectivity index (χ0v) is 31.2. The molecule has 2 atom stereocenters. The highest BCUT2D eigenvalue weighted by atomic mass is 19.1. The number of piperidine rings is 1. The lowest BCUT2D eigenvalue weighted by atomic mass is 9.92. The number of halogens is 1. The molecule has 0 unspecified atom stereocenters. The van der Waals surface area contributed by atoms with Gasteiger partial charge in [-0.15, -0.1) is 13.2 Å². The summed E-state index contributed by atoms with van der Waals surface area (Å²) < 4.78 is 41.7. The molecule has 2 aromatic carbocycles. The van der Waals surface area contributed by atoms with Crippen LogP contribution in [0.3, 0.4) is 0 Å². The molecular formula is C41H51FN4O5. The Kier molecular flexibility index (Phi) is 11.4. The van der Waals surface area contributed by atoms with Crippen LogP contribution in [0.15, 0.2) is 67.8 Å². The van der Waals surface area contributed by atoms with E-state index in [1.165, 1.54) is 7.11 Å². The number of aryl methyl sites for hydroxylation is 2. The van der Waals surface area contributed by atoms with Crippen molar-refractivity contribution in [3.05, 3.63) is 90.4 Å². The van der Waals surface area contributed by atoms with Gasteiger partial charge in [-0.1, -0.05) is 36.4 Å². The molecule has 1 fully saturated rings. The largest absolute Gasteiger partial charge is 0.490 e. The van der Waals surface area contributed by atoms with Crippen molar-refractivity contribution in [1.82, 2.24) is 14.6 Å². The highest BCUT2D eigenvalue weighted by molar-refractivity contribution is 5.81. The Labute approximate surface area is 301 Å².